The summed E-state index contributed by atoms with van der Waals surface area (Å²) in [6, 6.07) is 12.2. The van der Waals surface area contributed by atoms with Crippen LogP contribution in [-0.4, -0.2) is 21.4 Å². The summed E-state index contributed by atoms with van der Waals surface area (Å²) in [5.41, 5.74) is 2.29. The average Bonchev–Trinajstić information content (AvgIpc) is 2.90. The Bertz CT molecular complexity index is 663. The lowest BCUT2D eigenvalue weighted by Gasteiger charge is -2.31. The third-order valence-corrected chi connectivity index (χ3v) is 4.59. The fourth-order valence-corrected chi connectivity index (χ4v) is 2.87. The Balaban J connectivity index is 2.18. The molecule has 2 rings (SSSR count). The van der Waals surface area contributed by atoms with Crippen molar-refractivity contribution >= 4 is 17.5 Å². The van der Waals surface area contributed by atoms with Gasteiger partial charge in [-0.15, -0.1) is 0 Å². The Morgan fingerprint density at radius 3 is 2.57 bits per heavy atom. The van der Waals surface area contributed by atoms with E-state index in [4.69, 9.17) is 11.6 Å². The van der Waals surface area contributed by atoms with Crippen LogP contribution < -0.4 is 0 Å². The second kappa shape index (κ2) is 7.69. The molecule has 1 unspecified atom stereocenters. The normalized spacial score (nSPS) is 12.4. The summed E-state index contributed by atoms with van der Waals surface area (Å²) in [4.78, 5) is 14.0. The van der Waals surface area contributed by atoms with Gasteiger partial charge in [-0.1, -0.05) is 37.6 Å². The van der Waals surface area contributed by atoms with Crippen molar-refractivity contribution in [2.75, 3.05) is 0 Å². The Morgan fingerprint density at radius 2 is 1.96 bits per heavy atom. The smallest absolute Gasteiger partial charge is 0.220 e. The number of benzene rings is 1. The van der Waals surface area contributed by atoms with E-state index in [-0.39, 0.29) is 11.9 Å². The Hall–Kier alpha value is -1.74. The summed E-state index contributed by atoms with van der Waals surface area (Å²) in [7, 11) is 0. The maximum atomic E-state index is 12.0. The van der Waals surface area contributed by atoms with Crippen LogP contribution in [0.4, 0.5) is 0 Å². The van der Waals surface area contributed by atoms with Crippen LogP contribution in [0.1, 0.15) is 39.0 Å². The van der Waals surface area contributed by atoms with E-state index >= 15 is 0 Å². The molecule has 0 aliphatic carbocycles. The number of halogens is 1. The van der Waals surface area contributed by atoms with Gasteiger partial charge in [0.15, 0.2) is 0 Å². The van der Waals surface area contributed by atoms with E-state index in [0.29, 0.717) is 12.5 Å². The maximum Gasteiger partial charge on any atom is 0.220 e. The van der Waals surface area contributed by atoms with Crippen molar-refractivity contribution in [2.45, 2.75) is 46.8 Å². The highest BCUT2D eigenvalue weighted by atomic mass is 35.5. The molecule has 0 N–H and O–H groups in total. The second-order valence-electron chi connectivity index (χ2n) is 6.39. The minimum absolute atomic E-state index is 0.113. The first kappa shape index (κ1) is 17.6. The van der Waals surface area contributed by atoms with E-state index in [1.54, 1.807) is 6.92 Å². The SMILES string of the molecule is CC(=O)N(Cc1cccn1Cc1cccc(Cl)c1)C(C)C(C)C. The van der Waals surface area contributed by atoms with Crippen molar-refractivity contribution in [2.24, 2.45) is 5.92 Å². The van der Waals surface area contributed by atoms with Crippen LogP contribution in [0, 0.1) is 5.92 Å². The van der Waals surface area contributed by atoms with E-state index in [9.17, 15) is 4.79 Å². The van der Waals surface area contributed by atoms with Gasteiger partial charge in [-0.05, 0) is 42.7 Å². The molecule has 3 nitrogen and oxygen atoms in total. The van der Waals surface area contributed by atoms with E-state index in [1.807, 2.05) is 29.2 Å². The van der Waals surface area contributed by atoms with Gasteiger partial charge in [0.05, 0.1) is 6.54 Å². The van der Waals surface area contributed by atoms with Gasteiger partial charge in [0, 0.05) is 36.4 Å². The van der Waals surface area contributed by atoms with Crippen LogP contribution in [0.3, 0.4) is 0 Å². The summed E-state index contributed by atoms with van der Waals surface area (Å²) < 4.78 is 2.18. The first-order chi connectivity index (χ1) is 10.9. The predicted molar refractivity (Wildman–Crippen MR) is 95.5 cm³/mol. The number of aromatic nitrogens is 1. The fraction of sp³-hybridized carbons (Fsp3) is 0.421. The number of carbonyl (C=O) groups excluding carboxylic acids is 1. The van der Waals surface area contributed by atoms with Gasteiger partial charge in [0.1, 0.15) is 0 Å². The molecule has 0 bridgehead atoms. The highest BCUT2D eigenvalue weighted by molar-refractivity contribution is 6.30. The number of carbonyl (C=O) groups is 1. The van der Waals surface area contributed by atoms with E-state index in [1.165, 1.54) is 0 Å². The molecule has 1 heterocycles. The van der Waals surface area contributed by atoms with E-state index in [0.717, 1.165) is 22.8 Å². The zero-order chi connectivity index (χ0) is 17.0. The lowest BCUT2D eigenvalue weighted by Crippen LogP contribution is -2.40. The molecule has 0 spiro atoms. The minimum Gasteiger partial charge on any atom is -0.345 e. The van der Waals surface area contributed by atoms with Gasteiger partial charge in [0.2, 0.25) is 5.91 Å². The van der Waals surface area contributed by atoms with Gasteiger partial charge >= 0.3 is 0 Å². The number of amides is 1. The molecule has 4 heteroatoms. The second-order valence-corrected chi connectivity index (χ2v) is 6.83. The molecule has 0 radical (unpaired) electrons. The largest absolute Gasteiger partial charge is 0.345 e. The van der Waals surface area contributed by atoms with Crippen LogP contribution >= 0.6 is 11.6 Å². The monoisotopic (exact) mass is 332 g/mol. The zero-order valence-corrected chi connectivity index (χ0v) is 15.0. The van der Waals surface area contributed by atoms with Gasteiger partial charge in [-0.25, -0.2) is 0 Å². The lowest BCUT2D eigenvalue weighted by molar-refractivity contribution is -0.132. The number of rotatable bonds is 6. The Morgan fingerprint density at radius 1 is 1.22 bits per heavy atom. The van der Waals surface area contributed by atoms with Gasteiger partial charge in [-0.2, -0.15) is 0 Å². The molecular weight excluding hydrogens is 308 g/mol. The standard InChI is InChI=1S/C19H25ClN2O/c1-14(2)15(3)22(16(4)23)13-19-9-6-10-21(19)12-17-7-5-8-18(20)11-17/h5-11,14-15H,12-13H2,1-4H3. The molecule has 0 aliphatic rings. The first-order valence-corrected chi connectivity index (χ1v) is 8.42. The fourth-order valence-electron chi connectivity index (χ4n) is 2.66. The van der Waals surface area contributed by atoms with Gasteiger partial charge < -0.3 is 9.47 Å². The molecule has 124 valence electrons. The Kier molecular flexibility index (Phi) is 5.89. The third kappa shape index (κ3) is 4.61. The lowest BCUT2D eigenvalue weighted by atomic mass is 10.0. The van der Waals surface area contributed by atoms with Crippen molar-refractivity contribution < 1.29 is 4.79 Å². The molecule has 0 aliphatic heterocycles. The van der Waals surface area contributed by atoms with E-state index in [2.05, 4.69) is 43.7 Å². The highest BCUT2D eigenvalue weighted by Gasteiger charge is 2.21. The minimum atomic E-state index is 0.113. The van der Waals surface area contributed by atoms with Crippen molar-refractivity contribution in [3.63, 3.8) is 0 Å². The first-order valence-electron chi connectivity index (χ1n) is 8.04. The van der Waals surface area contributed by atoms with Crippen molar-refractivity contribution in [3.05, 3.63) is 58.9 Å². The number of hydrogen-bond acceptors (Lipinski definition) is 1. The van der Waals surface area contributed by atoms with E-state index < -0.39 is 0 Å². The predicted octanol–water partition coefficient (Wildman–Crippen LogP) is 4.58. The summed E-state index contributed by atoms with van der Waals surface area (Å²) in [6.07, 6.45) is 2.05. The number of hydrogen-bond donors (Lipinski definition) is 0. The molecule has 0 saturated carbocycles. The molecular formula is C19H25ClN2O. The van der Waals surface area contributed by atoms with Crippen LogP contribution in [-0.2, 0) is 17.9 Å². The molecule has 1 aromatic heterocycles. The van der Waals surface area contributed by atoms with Crippen LogP contribution in [0.25, 0.3) is 0 Å². The number of nitrogens with zero attached hydrogens (tertiary/aromatic N) is 2. The van der Waals surface area contributed by atoms with Crippen LogP contribution in [0.2, 0.25) is 5.02 Å². The van der Waals surface area contributed by atoms with Crippen LogP contribution in [0.15, 0.2) is 42.6 Å². The summed E-state index contributed by atoms with van der Waals surface area (Å²) in [6.45, 7) is 9.42. The van der Waals surface area contributed by atoms with Gasteiger partial charge in [-0.3, -0.25) is 4.79 Å². The Labute approximate surface area is 143 Å². The summed E-state index contributed by atoms with van der Waals surface area (Å²) >= 11 is 6.06. The molecule has 1 atom stereocenters. The van der Waals surface area contributed by atoms with Crippen molar-refractivity contribution in [1.29, 1.82) is 0 Å². The molecule has 23 heavy (non-hydrogen) atoms. The molecule has 2 aromatic rings. The summed E-state index contributed by atoms with van der Waals surface area (Å²) in [5, 5.41) is 0.745. The summed E-state index contributed by atoms with van der Waals surface area (Å²) in [5.74, 6) is 0.539. The quantitative estimate of drug-likeness (QED) is 0.760. The molecule has 0 fully saturated rings. The topological polar surface area (TPSA) is 25.2 Å². The van der Waals surface area contributed by atoms with Crippen LogP contribution in [0.5, 0.6) is 0 Å². The average molecular weight is 333 g/mol. The third-order valence-electron chi connectivity index (χ3n) is 4.36. The van der Waals surface area contributed by atoms with Crippen molar-refractivity contribution in [3.8, 4) is 0 Å². The zero-order valence-electron chi connectivity index (χ0n) is 14.3. The maximum absolute atomic E-state index is 12.0. The molecule has 1 aromatic carbocycles. The molecule has 0 saturated heterocycles. The molecule has 1 amide bonds. The van der Waals surface area contributed by atoms with Crippen molar-refractivity contribution in [1.82, 2.24) is 9.47 Å². The highest BCUT2D eigenvalue weighted by Crippen LogP contribution is 2.17. The van der Waals surface area contributed by atoms with Gasteiger partial charge in [0.25, 0.3) is 0 Å².